The Bertz CT molecular complexity index is 1090. The molecular weight excluding hydrogens is 484 g/mol. The number of hydrogen-bond donors (Lipinski definition) is 3. The molecule has 4 rings (SSSR count). The van der Waals surface area contributed by atoms with Gasteiger partial charge in [-0.2, -0.15) is 13.2 Å². The molecule has 2 aromatic carbocycles. The number of piperidine rings is 1. The Labute approximate surface area is 205 Å². The maximum atomic E-state index is 15.0. The van der Waals surface area contributed by atoms with E-state index in [9.17, 15) is 22.8 Å². The molecule has 2 aliphatic rings. The predicted molar refractivity (Wildman–Crippen MR) is 128 cm³/mol. The molecule has 11 heteroatoms. The summed E-state index contributed by atoms with van der Waals surface area (Å²) in [6.07, 6.45) is 0.258. The van der Waals surface area contributed by atoms with Crippen molar-refractivity contribution in [2.24, 2.45) is 0 Å². The van der Waals surface area contributed by atoms with Crippen molar-refractivity contribution in [3.63, 3.8) is 0 Å². The van der Waals surface area contributed by atoms with Crippen LogP contribution in [0.5, 0.6) is 0 Å². The van der Waals surface area contributed by atoms with E-state index < -0.39 is 23.8 Å². The zero-order chi connectivity index (χ0) is 25.2. The van der Waals surface area contributed by atoms with Gasteiger partial charge in [0, 0.05) is 29.9 Å². The maximum absolute atomic E-state index is 15.0. The van der Waals surface area contributed by atoms with Gasteiger partial charge in [-0.15, -0.1) is 0 Å². The molecule has 1 aliphatic carbocycles. The number of hydrogen-bond acceptors (Lipinski definition) is 4. The lowest BCUT2D eigenvalue weighted by Gasteiger charge is -2.33. The van der Waals surface area contributed by atoms with Crippen LogP contribution in [0.25, 0.3) is 0 Å². The number of halogens is 4. The van der Waals surface area contributed by atoms with Gasteiger partial charge in [-0.05, 0) is 73.9 Å². The Kier molecular flexibility index (Phi) is 7.27. The van der Waals surface area contributed by atoms with Crippen LogP contribution >= 0.6 is 11.9 Å². The van der Waals surface area contributed by atoms with Crippen LogP contribution in [0.15, 0.2) is 42.5 Å². The Balaban J connectivity index is 1.39. The normalized spacial score (nSPS) is 19.4. The first kappa shape index (κ1) is 25.3. The molecule has 3 N–H and O–H groups in total. The number of amides is 3. The molecule has 6 nitrogen and oxygen atoms in total. The van der Waals surface area contributed by atoms with Crippen LogP contribution in [0.3, 0.4) is 0 Å². The highest BCUT2D eigenvalue weighted by Crippen LogP contribution is 2.49. The first-order valence-electron chi connectivity index (χ1n) is 11.2. The van der Waals surface area contributed by atoms with Crippen molar-refractivity contribution in [3.8, 4) is 0 Å². The summed E-state index contributed by atoms with van der Waals surface area (Å²) in [5.74, 6) is -0.720. The van der Waals surface area contributed by atoms with Gasteiger partial charge in [0.1, 0.15) is 11.9 Å². The van der Waals surface area contributed by atoms with Crippen LogP contribution in [0.4, 0.5) is 33.7 Å². The first-order valence-corrected chi connectivity index (χ1v) is 12.5. The molecular formula is C24H26F4N4O2S. The molecule has 0 spiro atoms. The zero-order valence-corrected chi connectivity index (χ0v) is 19.9. The highest BCUT2D eigenvalue weighted by atomic mass is 32.2. The monoisotopic (exact) mass is 510 g/mol. The SMILES string of the molecule is CSNCC1(c2ccc(N3CCCC(NC(=O)Nc4ccc(C(F)(F)F)cc4)C3=O)cc2F)CC1. The minimum Gasteiger partial charge on any atom is -0.326 e. The second-order valence-corrected chi connectivity index (χ2v) is 9.52. The lowest BCUT2D eigenvalue weighted by atomic mass is 9.94. The van der Waals surface area contributed by atoms with Crippen molar-refractivity contribution in [3.05, 3.63) is 59.4 Å². The van der Waals surface area contributed by atoms with Crippen LogP contribution in [0, 0.1) is 5.82 Å². The molecule has 1 unspecified atom stereocenters. The number of carbonyl (C=O) groups excluding carboxylic acids is 2. The number of anilines is 2. The van der Waals surface area contributed by atoms with E-state index in [0.717, 1.165) is 37.1 Å². The summed E-state index contributed by atoms with van der Waals surface area (Å²) in [7, 11) is 0. The van der Waals surface area contributed by atoms with E-state index in [2.05, 4.69) is 15.4 Å². The second kappa shape index (κ2) is 10.1. The third-order valence-electron chi connectivity index (χ3n) is 6.46. The molecule has 1 atom stereocenters. The van der Waals surface area contributed by atoms with Gasteiger partial charge in [0.05, 0.1) is 5.56 Å². The van der Waals surface area contributed by atoms with Gasteiger partial charge in [0.2, 0.25) is 5.91 Å². The van der Waals surface area contributed by atoms with Crippen LogP contribution in [-0.4, -0.2) is 37.3 Å². The van der Waals surface area contributed by atoms with Crippen LogP contribution in [0.1, 0.15) is 36.8 Å². The summed E-state index contributed by atoms with van der Waals surface area (Å²) in [5.41, 5.74) is 0.196. The molecule has 2 fully saturated rings. The first-order chi connectivity index (χ1) is 16.6. The van der Waals surface area contributed by atoms with Crippen molar-refractivity contribution < 1.29 is 27.2 Å². The minimum absolute atomic E-state index is 0.165. The van der Waals surface area contributed by atoms with Crippen LogP contribution < -0.4 is 20.3 Å². The van der Waals surface area contributed by atoms with Gasteiger partial charge in [0.25, 0.3) is 0 Å². The number of alkyl halides is 3. The molecule has 35 heavy (non-hydrogen) atoms. The van der Waals surface area contributed by atoms with E-state index in [1.807, 2.05) is 6.26 Å². The molecule has 188 valence electrons. The van der Waals surface area contributed by atoms with Crippen LogP contribution in [0.2, 0.25) is 0 Å². The van der Waals surface area contributed by atoms with Gasteiger partial charge >= 0.3 is 12.2 Å². The van der Waals surface area contributed by atoms with E-state index in [0.29, 0.717) is 37.2 Å². The average Bonchev–Trinajstić information content (AvgIpc) is 3.59. The van der Waals surface area contributed by atoms with E-state index in [1.54, 1.807) is 12.1 Å². The Morgan fingerprint density at radius 2 is 1.89 bits per heavy atom. The van der Waals surface area contributed by atoms with Gasteiger partial charge < -0.3 is 15.5 Å². The molecule has 1 saturated heterocycles. The highest BCUT2D eigenvalue weighted by molar-refractivity contribution is 7.96. The second-order valence-electron chi connectivity index (χ2n) is 8.83. The zero-order valence-electron chi connectivity index (χ0n) is 19.0. The predicted octanol–water partition coefficient (Wildman–Crippen LogP) is 5.06. The van der Waals surface area contributed by atoms with Crippen LogP contribution in [-0.2, 0) is 16.4 Å². The van der Waals surface area contributed by atoms with Crippen molar-refractivity contribution in [1.29, 1.82) is 0 Å². The average molecular weight is 511 g/mol. The lowest BCUT2D eigenvalue weighted by Crippen LogP contribution is -2.53. The molecule has 1 heterocycles. The fourth-order valence-corrected chi connectivity index (χ4v) is 4.76. The van der Waals surface area contributed by atoms with Crippen molar-refractivity contribution in [1.82, 2.24) is 10.0 Å². The summed E-state index contributed by atoms with van der Waals surface area (Å²) in [6.45, 7) is 1.07. The summed E-state index contributed by atoms with van der Waals surface area (Å²) in [5, 5.41) is 5.02. The van der Waals surface area contributed by atoms with Gasteiger partial charge in [-0.1, -0.05) is 18.0 Å². The Hall–Kier alpha value is -2.79. The van der Waals surface area contributed by atoms with Gasteiger partial charge in [-0.3, -0.25) is 9.52 Å². The standard InChI is InChI=1S/C24H26F4N4O2S/c1-35-29-14-23(10-11-23)18-9-8-17(13-19(18)25)32-12-2-3-20(21(32)33)31-22(34)30-16-6-4-15(5-7-16)24(26,27)28/h4-9,13,20,29H,2-3,10-12,14H2,1H3,(H2,30,31,34). The lowest BCUT2D eigenvalue weighted by molar-refractivity contribution is -0.137. The topological polar surface area (TPSA) is 73.5 Å². The smallest absolute Gasteiger partial charge is 0.326 e. The minimum atomic E-state index is -4.47. The number of rotatable bonds is 7. The third kappa shape index (κ3) is 5.72. The quantitative estimate of drug-likeness (QED) is 0.360. The van der Waals surface area contributed by atoms with E-state index in [-0.39, 0.29) is 22.8 Å². The van der Waals surface area contributed by atoms with Crippen molar-refractivity contribution in [2.75, 3.05) is 29.6 Å². The summed E-state index contributed by atoms with van der Waals surface area (Å²) in [6, 6.07) is 7.32. The number of benzene rings is 2. The van der Waals surface area contributed by atoms with Crippen molar-refractivity contribution >= 4 is 35.3 Å². The van der Waals surface area contributed by atoms with E-state index in [1.165, 1.54) is 22.9 Å². The van der Waals surface area contributed by atoms with Gasteiger partial charge in [0.15, 0.2) is 0 Å². The molecule has 0 bridgehead atoms. The summed E-state index contributed by atoms with van der Waals surface area (Å²) < 4.78 is 56.3. The third-order valence-corrected chi connectivity index (χ3v) is 6.89. The molecule has 1 saturated carbocycles. The molecule has 2 aromatic rings. The Morgan fingerprint density at radius 1 is 1.17 bits per heavy atom. The number of nitrogens with zero attached hydrogens (tertiary/aromatic N) is 1. The molecule has 0 radical (unpaired) electrons. The fraction of sp³-hybridized carbons (Fsp3) is 0.417. The summed E-state index contributed by atoms with van der Waals surface area (Å²) in [4.78, 5) is 26.9. The largest absolute Gasteiger partial charge is 0.416 e. The number of nitrogens with one attached hydrogen (secondary N) is 3. The Morgan fingerprint density at radius 3 is 2.49 bits per heavy atom. The highest BCUT2D eigenvalue weighted by Gasteiger charge is 2.45. The van der Waals surface area contributed by atoms with E-state index >= 15 is 4.39 Å². The fourth-order valence-electron chi connectivity index (χ4n) is 4.34. The summed E-state index contributed by atoms with van der Waals surface area (Å²) >= 11 is 1.49. The molecule has 3 amide bonds. The molecule has 0 aromatic heterocycles. The van der Waals surface area contributed by atoms with Crippen molar-refractivity contribution in [2.45, 2.75) is 43.3 Å². The van der Waals surface area contributed by atoms with Gasteiger partial charge in [-0.25, -0.2) is 9.18 Å². The number of carbonyl (C=O) groups is 2. The van der Waals surface area contributed by atoms with E-state index in [4.69, 9.17) is 0 Å². The number of urea groups is 1. The molecule has 1 aliphatic heterocycles. The maximum Gasteiger partial charge on any atom is 0.416 e.